The summed E-state index contributed by atoms with van der Waals surface area (Å²) in [6.07, 6.45) is 0. The number of halogens is 1. The van der Waals surface area contributed by atoms with Crippen molar-refractivity contribution in [1.29, 1.82) is 0 Å². The zero-order valence-electron chi connectivity index (χ0n) is 15.1. The summed E-state index contributed by atoms with van der Waals surface area (Å²) >= 11 is 1.09. The van der Waals surface area contributed by atoms with Crippen molar-refractivity contribution in [3.05, 3.63) is 46.5 Å². The molecular formula is C16H16FN5O6S2. The second kappa shape index (κ2) is 8.33. The van der Waals surface area contributed by atoms with Crippen molar-refractivity contribution in [1.82, 2.24) is 9.29 Å². The number of nitrogens with zero attached hydrogens (tertiary/aromatic N) is 3. The van der Waals surface area contributed by atoms with Gasteiger partial charge in [0.1, 0.15) is 19.0 Å². The molecule has 0 bridgehead atoms. The first-order chi connectivity index (χ1) is 14.1. The van der Waals surface area contributed by atoms with Gasteiger partial charge in [-0.15, -0.1) is 11.3 Å². The molecule has 14 heteroatoms. The molecule has 1 fully saturated rings. The number of oxime groups is 1. The SMILES string of the molecule is NC(=O)/C(=N\OCc1cccc([C@@H]2C(=O)N(S(=O)(=O)O)[C@H]2CF)c1)c1csc(N)n1. The van der Waals surface area contributed by atoms with Crippen molar-refractivity contribution >= 4 is 44.3 Å². The van der Waals surface area contributed by atoms with Crippen LogP contribution in [-0.4, -0.2) is 52.5 Å². The van der Waals surface area contributed by atoms with Crippen molar-refractivity contribution < 1.29 is 31.8 Å². The molecule has 5 N–H and O–H groups in total. The van der Waals surface area contributed by atoms with E-state index in [1.165, 1.54) is 17.5 Å². The molecule has 160 valence electrons. The first kappa shape index (κ1) is 21.6. The largest absolute Gasteiger partial charge is 0.390 e. The van der Waals surface area contributed by atoms with E-state index in [9.17, 15) is 22.4 Å². The summed E-state index contributed by atoms with van der Waals surface area (Å²) in [6.45, 7) is -1.28. The van der Waals surface area contributed by atoms with E-state index >= 15 is 0 Å². The Hall–Kier alpha value is -3.10. The fourth-order valence-corrected chi connectivity index (χ4v) is 4.39. The fraction of sp³-hybridized carbons (Fsp3) is 0.250. The second-order valence-corrected chi connectivity index (χ2v) is 8.38. The number of hydrogen-bond donors (Lipinski definition) is 3. The van der Waals surface area contributed by atoms with Crippen LogP contribution in [0.1, 0.15) is 22.7 Å². The maximum Gasteiger partial charge on any atom is 0.362 e. The molecule has 0 saturated carbocycles. The van der Waals surface area contributed by atoms with E-state index in [1.807, 2.05) is 0 Å². The van der Waals surface area contributed by atoms with E-state index in [0.29, 0.717) is 11.1 Å². The van der Waals surface area contributed by atoms with Crippen molar-refractivity contribution in [2.24, 2.45) is 10.9 Å². The number of amides is 2. The summed E-state index contributed by atoms with van der Waals surface area (Å²) in [7, 11) is -4.84. The van der Waals surface area contributed by atoms with Gasteiger partial charge in [0, 0.05) is 5.38 Å². The summed E-state index contributed by atoms with van der Waals surface area (Å²) < 4.78 is 44.9. The third kappa shape index (κ3) is 4.24. The van der Waals surface area contributed by atoms with Gasteiger partial charge in [-0.25, -0.2) is 13.7 Å². The smallest absolute Gasteiger partial charge is 0.362 e. The highest BCUT2D eigenvalue weighted by Gasteiger charge is 2.53. The molecule has 2 amide bonds. The molecule has 3 rings (SSSR count). The number of aromatic nitrogens is 1. The number of primary amides is 1. The summed E-state index contributed by atoms with van der Waals surface area (Å²) in [5.41, 5.74) is 11.6. The molecular weight excluding hydrogens is 441 g/mol. The van der Waals surface area contributed by atoms with Gasteiger partial charge >= 0.3 is 10.3 Å². The van der Waals surface area contributed by atoms with Gasteiger partial charge in [-0.1, -0.05) is 29.4 Å². The van der Waals surface area contributed by atoms with Crippen LogP contribution in [0.15, 0.2) is 34.8 Å². The fourth-order valence-electron chi connectivity index (χ4n) is 2.98. The highest BCUT2D eigenvalue weighted by molar-refractivity contribution is 7.84. The van der Waals surface area contributed by atoms with Crippen LogP contribution in [0, 0.1) is 0 Å². The van der Waals surface area contributed by atoms with E-state index in [-0.39, 0.29) is 27.4 Å². The topological polar surface area (TPSA) is 178 Å². The minimum atomic E-state index is -4.84. The van der Waals surface area contributed by atoms with E-state index < -0.39 is 40.8 Å². The molecule has 0 spiro atoms. The lowest BCUT2D eigenvalue weighted by atomic mass is 9.84. The Morgan fingerprint density at radius 3 is 2.73 bits per heavy atom. The second-order valence-electron chi connectivity index (χ2n) is 6.20. The summed E-state index contributed by atoms with van der Waals surface area (Å²) in [6, 6.07) is 4.88. The maximum absolute atomic E-state index is 13.3. The predicted octanol–water partition coefficient (Wildman–Crippen LogP) is 0.198. The zero-order chi connectivity index (χ0) is 22.1. The number of nitrogen functional groups attached to an aromatic ring is 1. The third-order valence-corrected chi connectivity index (χ3v) is 5.89. The number of carbonyl (C=O) groups is 2. The summed E-state index contributed by atoms with van der Waals surface area (Å²) in [4.78, 5) is 32.7. The van der Waals surface area contributed by atoms with E-state index in [2.05, 4.69) is 10.1 Å². The molecule has 1 aliphatic rings. The molecule has 1 aliphatic heterocycles. The summed E-state index contributed by atoms with van der Waals surface area (Å²) in [5, 5.41) is 5.39. The first-order valence-electron chi connectivity index (χ1n) is 8.30. The van der Waals surface area contributed by atoms with Gasteiger partial charge in [-0.2, -0.15) is 8.42 Å². The number of benzene rings is 1. The normalized spacial score (nSPS) is 19.5. The van der Waals surface area contributed by atoms with Gasteiger partial charge < -0.3 is 16.3 Å². The van der Waals surface area contributed by atoms with Crippen LogP contribution in [-0.2, 0) is 31.3 Å². The van der Waals surface area contributed by atoms with Crippen molar-refractivity contribution in [2.45, 2.75) is 18.6 Å². The average molecular weight is 457 g/mol. The molecule has 11 nitrogen and oxygen atoms in total. The molecule has 0 aliphatic carbocycles. The molecule has 0 unspecified atom stereocenters. The Balaban J connectivity index is 1.75. The maximum atomic E-state index is 13.3. The average Bonchev–Trinajstić information content (AvgIpc) is 3.07. The Bertz CT molecular complexity index is 1120. The number of nitrogens with two attached hydrogens (primary N) is 2. The number of rotatable bonds is 8. The van der Waals surface area contributed by atoms with Gasteiger partial charge in [-0.3, -0.25) is 14.1 Å². The lowest BCUT2D eigenvalue weighted by molar-refractivity contribution is -0.142. The van der Waals surface area contributed by atoms with Crippen molar-refractivity contribution in [3.8, 4) is 0 Å². The molecule has 1 saturated heterocycles. The minimum absolute atomic E-state index is 0.115. The molecule has 30 heavy (non-hydrogen) atoms. The lowest BCUT2D eigenvalue weighted by Crippen LogP contribution is -2.62. The van der Waals surface area contributed by atoms with Crippen LogP contribution >= 0.6 is 11.3 Å². The van der Waals surface area contributed by atoms with Crippen LogP contribution in [0.5, 0.6) is 0 Å². The molecule has 0 radical (unpaired) electrons. The van der Waals surface area contributed by atoms with Crippen LogP contribution in [0.2, 0.25) is 0 Å². The van der Waals surface area contributed by atoms with Crippen LogP contribution in [0.4, 0.5) is 9.52 Å². The van der Waals surface area contributed by atoms with E-state index in [4.69, 9.17) is 20.9 Å². The Kier molecular flexibility index (Phi) is 6.00. The number of carbonyl (C=O) groups excluding carboxylic acids is 2. The molecule has 1 aromatic carbocycles. The number of hydrogen-bond acceptors (Lipinski definition) is 9. The first-order valence-corrected chi connectivity index (χ1v) is 10.6. The summed E-state index contributed by atoms with van der Waals surface area (Å²) in [5.74, 6) is -2.88. The monoisotopic (exact) mass is 457 g/mol. The predicted molar refractivity (Wildman–Crippen MR) is 104 cm³/mol. The van der Waals surface area contributed by atoms with Crippen molar-refractivity contribution in [2.75, 3.05) is 12.4 Å². The van der Waals surface area contributed by atoms with Crippen LogP contribution < -0.4 is 11.5 Å². The Labute approximate surface area is 174 Å². The van der Waals surface area contributed by atoms with Crippen LogP contribution in [0.3, 0.4) is 0 Å². The lowest BCUT2D eigenvalue weighted by Gasteiger charge is -2.43. The highest BCUT2D eigenvalue weighted by Crippen LogP contribution is 2.38. The minimum Gasteiger partial charge on any atom is -0.390 e. The number of alkyl halides is 1. The van der Waals surface area contributed by atoms with Gasteiger partial charge in [0.15, 0.2) is 10.8 Å². The number of anilines is 1. The molecule has 2 heterocycles. The molecule has 2 aromatic rings. The number of thiazole rings is 1. The van der Waals surface area contributed by atoms with Crippen LogP contribution in [0.25, 0.3) is 0 Å². The Morgan fingerprint density at radius 1 is 1.43 bits per heavy atom. The standard InChI is InChI=1S/C16H16FN5O6S2/c17-5-11-12(15(24)22(11)30(25,26)27)9-3-1-2-8(4-9)6-28-21-13(14(18)23)10-7-29-16(19)20-10/h1-4,7,11-12H,5-6H2,(H2,18,23)(H2,19,20)(H,25,26,27)/b21-13-/t11-,12-/m0/s1. The highest BCUT2D eigenvalue weighted by atomic mass is 32.2. The quantitative estimate of drug-likeness (QED) is 0.218. The van der Waals surface area contributed by atoms with Gasteiger partial charge in [-0.05, 0) is 11.1 Å². The van der Waals surface area contributed by atoms with Gasteiger partial charge in [0.05, 0.1) is 12.0 Å². The van der Waals surface area contributed by atoms with Crippen molar-refractivity contribution in [3.63, 3.8) is 0 Å². The molecule has 2 atom stereocenters. The Morgan fingerprint density at radius 2 is 2.17 bits per heavy atom. The van der Waals surface area contributed by atoms with E-state index in [1.54, 1.807) is 12.1 Å². The van der Waals surface area contributed by atoms with E-state index in [0.717, 1.165) is 11.3 Å². The molecule has 1 aromatic heterocycles. The number of β-lactam (4-membered cyclic amide) rings is 1. The third-order valence-electron chi connectivity index (χ3n) is 4.27. The van der Waals surface area contributed by atoms with Gasteiger partial charge in [0.25, 0.3) is 5.91 Å². The van der Waals surface area contributed by atoms with Gasteiger partial charge in [0.2, 0.25) is 5.91 Å². The zero-order valence-corrected chi connectivity index (χ0v) is 16.8.